The summed E-state index contributed by atoms with van der Waals surface area (Å²) in [7, 11) is 0. The quantitative estimate of drug-likeness (QED) is 0.210. The summed E-state index contributed by atoms with van der Waals surface area (Å²) < 4.78 is 3.53. The summed E-state index contributed by atoms with van der Waals surface area (Å²) in [5, 5.41) is 4.97. The van der Waals surface area contributed by atoms with Gasteiger partial charge in [-0.05, 0) is 67.2 Å². The normalized spacial score (nSPS) is 15.3. The van der Waals surface area contributed by atoms with E-state index in [1.54, 1.807) is 0 Å². The number of imidazole rings is 1. The van der Waals surface area contributed by atoms with Crippen molar-refractivity contribution >= 4 is 48.5 Å². The van der Waals surface area contributed by atoms with E-state index in [4.69, 9.17) is 4.98 Å². The lowest BCUT2D eigenvalue weighted by molar-refractivity contribution is 0.631. The molecule has 0 radical (unpaired) electrons. The Labute approximate surface area is 218 Å². The fraction of sp³-hybridized carbons (Fsp3) is 0.0606. The third-order valence-corrected chi connectivity index (χ3v) is 8.04. The van der Waals surface area contributed by atoms with E-state index in [0.717, 1.165) is 27.8 Å². The maximum atomic E-state index is 5.07. The second-order valence-corrected chi connectivity index (χ2v) is 10.1. The molecular weight excluding hydrogens is 504 g/mol. The molecule has 1 atom stereocenters. The number of allylic oxidation sites excluding steroid dienone is 4. The zero-order chi connectivity index (χ0) is 24.1. The Morgan fingerprint density at radius 1 is 0.667 bits per heavy atom. The van der Waals surface area contributed by atoms with Crippen LogP contribution in [0.4, 0.5) is 0 Å². The van der Waals surface area contributed by atoms with Crippen molar-refractivity contribution in [2.45, 2.75) is 12.5 Å². The van der Waals surface area contributed by atoms with Gasteiger partial charge in [-0.2, -0.15) is 0 Å². The Morgan fingerprint density at radius 2 is 1.28 bits per heavy atom. The van der Waals surface area contributed by atoms with E-state index in [-0.39, 0.29) is 6.04 Å². The van der Waals surface area contributed by atoms with E-state index in [9.17, 15) is 0 Å². The van der Waals surface area contributed by atoms with Gasteiger partial charge >= 0.3 is 0 Å². The second kappa shape index (κ2) is 8.61. The van der Waals surface area contributed by atoms with E-state index in [1.807, 2.05) is 0 Å². The highest BCUT2D eigenvalue weighted by molar-refractivity contribution is 9.10. The average molecular weight is 527 g/mol. The van der Waals surface area contributed by atoms with Crippen LogP contribution in [0, 0.1) is 0 Å². The molecule has 1 aromatic heterocycles. The van der Waals surface area contributed by atoms with Crippen LogP contribution >= 0.6 is 15.9 Å². The second-order valence-electron chi connectivity index (χ2n) is 9.27. The van der Waals surface area contributed by atoms with Crippen LogP contribution in [-0.2, 0) is 0 Å². The maximum Gasteiger partial charge on any atom is 0.141 e. The molecule has 1 aliphatic rings. The molecule has 0 bridgehead atoms. The number of aromatic nitrogens is 2. The van der Waals surface area contributed by atoms with E-state index in [0.29, 0.717) is 0 Å². The molecule has 0 aliphatic heterocycles. The molecule has 7 rings (SSSR count). The lowest BCUT2D eigenvalue weighted by Gasteiger charge is -2.19. The van der Waals surface area contributed by atoms with Gasteiger partial charge < -0.3 is 4.57 Å². The highest BCUT2D eigenvalue weighted by Gasteiger charge is 2.19. The van der Waals surface area contributed by atoms with Gasteiger partial charge in [0.15, 0.2) is 0 Å². The summed E-state index contributed by atoms with van der Waals surface area (Å²) in [6, 6.07) is 34.9. The number of benzene rings is 5. The predicted octanol–water partition coefficient (Wildman–Crippen LogP) is 9.50. The molecule has 6 aromatic rings. The molecular formula is C33H23BrN2. The Balaban J connectivity index is 1.42. The minimum Gasteiger partial charge on any atom is -0.317 e. The van der Waals surface area contributed by atoms with Gasteiger partial charge in [-0.3, -0.25) is 0 Å². The molecule has 5 aromatic carbocycles. The van der Waals surface area contributed by atoms with Crippen molar-refractivity contribution in [3.05, 3.63) is 126 Å². The third-order valence-electron chi connectivity index (χ3n) is 7.18. The SMILES string of the molecule is Brc1c2ccccc2c(-c2ccc(-c3nc4ccccc4n3C3C=CC=CC3)cc2)c2ccccc12. The summed E-state index contributed by atoms with van der Waals surface area (Å²) >= 11 is 3.87. The van der Waals surface area contributed by atoms with Crippen LogP contribution in [0.25, 0.3) is 55.1 Å². The Hall–Kier alpha value is -3.95. The van der Waals surface area contributed by atoms with Crippen LogP contribution in [0.5, 0.6) is 0 Å². The van der Waals surface area contributed by atoms with Gasteiger partial charge in [0.25, 0.3) is 0 Å². The topological polar surface area (TPSA) is 17.8 Å². The van der Waals surface area contributed by atoms with Gasteiger partial charge in [-0.25, -0.2) is 4.98 Å². The maximum absolute atomic E-state index is 5.07. The highest BCUT2D eigenvalue weighted by atomic mass is 79.9. The van der Waals surface area contributed by atoms with Crippen LogP contribution in [0.2, 0.25) is 0 Å². The number of halogens is 1. The van der Waals surface area contributed by atoms with Crippen molar-refractivity contribution < 1.29 is 0 Å². The van der Waals surface area contributed by atoms with Crippen molar-refractivity contribution in [2.75, 3.05) is 0 Å². The average Bonchev–Trinajstić information content (AvgIpc) is 3.34. The van der Waals surface area contributed by atoms with Crippen LogP contribution in [-0.4, -0.2) is 9.55 Å². The van der Waals surface area contributed by atoms with Gasteiger partial charge in [-0.1, -0.05) is 109 Å². The molecule has 3 heteroatoms. The van der Waals surface area contributed by atoms with Crippen LogP contribution in [0.1, 0.15) is 12.5 Å². The molecule has 1 heterocycles. The molecule has 0 spiro atoms. The molecule has 172 valence electrons. The Kier molecular flexibility index (Phi) is 5.11. The van der Waals surface area contributed by atoms with E-state index in [2.05, 4.69) is 142 Å². The van der Waals surface area contributed by atoms with Crippen molar-refractivity contribution in [2.24, 2.45) is 0 Å². The Morgan fingerprint density at radius 3 is 1.94 bits per heavy atom. The first-order valence-electron chi connectivity index (χ1n) is 12.3. The van der Waals surface area contributed by atoms with E-state index < -0.39 is 0 Å². The molecule has 0 saturated heterocycles. The zero-order valence-corrected chi connectivity index (χ0v) is 21.2. The van der Waals surface area contributed by atoms with Crippen molar-refractivity contribution in [3.8, 4) is 22.5 Å². The van der Waals surface area contributed by atoms with Gasteiger partial charge in [0.05, 0.1) is 17.1 Å². The molecule has 1 unspecified atom stereocenters. The fourth-order valence-corrected chi connectivity index (χ4v) is 6.21. The van der Waals surface area contributed by atoms with Crippen molar-refractivity contribution in [3.63, 3.8) is 0 Å². The predicted molar refractivity (Wildman–Crippen MR) is 155 cm³/mol. The van der Waals surface area contributed by atoms with Gasteiger partial charge in [0, 0.05) is 10.0 Å². The van der Waals surface area contributed by atoms with Gasteiger partial charge in [0.2, 0.25) is 0 Å². The monoisotopic (exact) mass is 526 g/mol. The first-order chi connectivity index (χ1) is 17.8. The molecule has 0 amide bonds. The number of fused-ring (bicyclic) bond motifs is 3. The minimum absolute atomic E-state index is 0.261. The molecule has 0 N–H and O–H groups in total. The summed E-state index contributed by atoms with van der Waals surface area (Å²) in [5.41, 5.74) is 5.81. The zero-order valence-electron chi connectivity index (χ0n) is 19.6. The third kappa shape index (κ3) is 3.35. The van der Waals surface area contributed by atoms with Crippen molar-refractivity contribution in [1.29, 1.82) is 0 Å². The number of rotatable bonds is 3. The summed E-state index contributed by atoms with van der Waals surface area (Å²) in [6.45, 7) is 0. The molecule has 0 fully saturated rings. The minimum atomic E-state index is 0.261. The lowest BCUT2D eigenvalue weighted by atomic mass is 9.91. The Bertz CT molecular complexity index is 1770. The van der Waals surface area contributed by atoms with Gasteiger partial charge in [0.1, 0.15) is 5.82 Å². The smallest absolute Gasteiger partial charge is 0.141 e. The molecule has 2 nitrogen and oxygen atoms in total. The van der Waals surface area contributed by atoms with Crippen LogP contribution < -0.4 is 0 Å². The summed E-state index contributed by atoms with van der Waals surface area (Å²) in [6.07, 6.45) is 9.73. The van der Waals surface area contributed by atoms with Crippen LogP contribution in [0.15, 0.2) is 126 Å². The molecule has 36 heavy (non-hydrogen) atoms. The number of para-hydroxylation sites is 2. The standard InChI is InChI=1S/C33H23BrN2/c34-32-27-14-6-4-12-25(27)31(26-13-5-7-15-28(26)32)22-18-20-23(21-19-22)33-35-29-16-8-9-17-30(29)36(33)24-10-2-1-3-11-24/h1-10,12-21,24H,11H2. The van der Waals surface area contributed by atoms with Crippen molar-refractivity contribution in [1.82, 2.24) is 9.55 Å². The summed E-state index contributed by atoms with van der Waals surface area (Å²) in [4.78, 5) is 5.07. The van der Waals surface area contributed by atoms with Gasteiger partial charge in [-0.15, -0.1) is 0 Å². The number of hydrogen-bond acceptors (Lipinski definition) is 1. The van der Waals surface area contributed by atoms with Crippen LogP contribution in [0.3, 0.4) is 0 Å². The molecule has 0 saturated carbocycles. The lowest BCUT2D eigenvalue weighted by Crippen LogP contribution is -2.08. The first-order valence-corrected chi connectivity index (χ1v) is 13.1. The molecule has 1 aliphatic carbocycles. The van der Waals surface area contributed by atoms with E-state index in [1.165, 1.54) is 38.2 Å². The first kappa shape index (κ1) is 21.3. The number of hydrogen-bond donors (Lipinski definition) is 0. The largest absolute Gasteiger partial charge is 0.317 e. The van der Waals surface area contributed by atoms with E-state index >= 15 is 0 Å². The highest BCUT2D eigenvalue weighted by Crippen LogP contribution is 2.42. The number of nitrogens with zero attached hydrogens (tertiary/aromatic N) is 2. The fourth-order valence-electron chi connectivity index (χ4n) is 5.52. The summed E-state index contributed by atoms with van der Waals surface area (Å²) in [5.74, 6) is 1.01.